The third-order valence-corrected chi connectivity index (χ3v) is 4.09. The van der Waals surface area contributed by atoms with Crippen molar-refractivity contribution in [2.45, 2.75) is 38.0 Å². The van der Waals surface area contributed by atoms with Gasteiger partial charge in [0.15, 0.2) is 0 Å². The van der Waals surface area contributed by atoms with Crippen LogP contribution in [0, 0.1) is 11.7 Å². The maximum atomic E-state index is 13.6. The number of carbonyl (C=O) groups excluding carboxylic acids is 1. The van der Waals surface area contributed by atoms with Crippen molar-refractivity contribution in [1.82, 2.24) is 5.32 Å². The molecule has 1 aromatic rings. The van der Waals surface area contributed by atoms with Gasteiger partial charge in [0.1, 0.15) is 5.82 Å². The molecule has 0 spiro atoms. The number of rotatable bonds is 3. The summed E-state index contributed by atoms with van der Waals surface area (Å²) < 4.78 is 13.6. The molecular formula is C14H19Cl2FN2O2. The second kappa shape index (κ2) is 7.94. The number of benzene rings is 1. The minimum absolute atomic E-state index is 0. The summed E-state index contributed by atoms with van der Waals surface area (Å²) in [6, 6.07) is 4.13. The molecule has 1 amide bonds. The highest BCUT2D eigenvalue weighted by Gasteiger charge is 2.30. The van der Waals surface area contributed by atoms with Crippen molar-refractivity contribution in [2.24, 2.45) is 11.7 Å². The fourth-order valence-corrected chi connectivity index (χ4v) is 2.66. The molecule has 0 aromatic heterocycles. The van der Waals surface area contributed by atoms with Crippen LogP contribution in [0.1, 0.15) is 24.8 Å². The second-order valence-corrected chi connectivity index (χ2v) is 5.57. The molecule has 1 aliphatic carbocycles. The molecule has 0 aliphatic heterocycles. The third-order valence-electron chi connectivity index (χ3n) is 3.74. The van der Waals surface area contributed by atoms with Crippen LogP contribution in [0.3, 0.4) is 0 Å². The summed E-state index contributed by atoms with van der Waals surface area (Å²) in [7, 11) is 0. The lowest BCUT2D eigenvalue weighted by atomic mass is 9.84. The van der Waals surface area contributed by atoms with E-state index < -0.39 is 11.9 Å². The molecule has 2 rings (SSSR count). The summed E-state index contributed by atoms with van der Waals surface area (Å²) in [6.45, 7) is 0.0446. The lowest BCUT2D eigenvalue weighted by molar-refractivity contribution is -0.127. The number of nitrogens with two attached hydrogens (primary N) is 1. The van der Waals surface area contributed by atoms with Crippen LogP contribution in [0.15, 0.2) is 18.2 Å². The number of nitrogens with one attached hydrogen (secondary N) is 1. The third kappa shape index (κ3) is 4.54. The molecule has 0 heterocycles. The number of hydrogen-bond acceptors (Lipinski definition) is 3. The quantitative estimate of drug-likeness (QED) is 0.790. The van der Waals surface area contributed by atoms with Gasteiger partial charge in [-0.2, -0.15) is 0 Å². The van der Waals surface area contributed by atoms with Crippen LogP contribution in [0.4, 0.5) is 4.39 Å². The van der Waals surface area contributed by atoms with Crippen LogP contribution < -0.4 is 11.1 Å². The van der Waals surface area contributed by atoms with Crippen LogP contribution in [-0.2, 0) is 11.3 Å². The second-order valence-electron chi connectivity index (χ2n) is 5.16. The van der Waals surface area contributed by atoms with Crippen molar-refractivity contribution in [3.63, 3.8) is 0 Å². The lowest BCUT2D eigenvalue weighted by Crippen LogP contribution is -2.44. The van der Waals surface area contributed by atoms with Gasteiger partial charge in [0, 0.05) is 29.1 Å². The Morgan fingerprint density at radius 1 is 1.48 bits per heavy atom. The normalized spacial score (nSPS) is 25.0. The minimum atomic E-state index is -0.656. The van der Waals surface area contributed by atoms with Gasteiger partial charge in [-0.25, -0.2) is 4.39 Å². The summed E-state index contributed by atoms with van der Waals surface area (Å²) in [4.78, 5) is 12.0. The van der Waals surface area contributed by atoms with Gasteiger partial charge in [-0.3, -0.25) is 4.79 Å². The monoisotopic (exact) mass is 336 g/mol. The minimum Gasteiger partial charge on any atom is -0.391 e. The van der Waals surface area contributed by atoms with Crippen LogP contribution in [0.25, 0.3) is 0 Å². The van der Waals surface area contributed by atoms with E-state index in [4.69, 9.17) is 17.3 Å². The molecule has 1 aromatic carbocycles. The first kappa shape index (κ1) is 18.2. The molecule has 0 saturated heterocycles. The van der Waals surface area contributed by atoms with Crippen LogP contribution in [0.5, 0.6) is 0 Å². The number of carbonyl (C=O) groups is 1. The van der Waals surface area contributed by atoms with Crippen LogP contribution in [-0.4, -0.2) is 23.2 Å². The maximum Gasteiger partial charge on any atom is 0.223 e. The number of aliphatic hydroxyl groups is 1. The van der Waals surface area contributed by atoms with Gasteiger partial charge in [-0.15, -0.1) is 12.4 Å². The lowest BCUT2D eigenvalue weighted by Gasteiger charge is -2.30. The smallest absolute Gasteiger partial charge is 0.223 e. The molecule has 0 bridgehead atoms. The Bertz CT molecular complexity index is 482. The summed E-state index contributed by atoms with van der Waals surface area (Å²) in [5.74, 6) is -0.922. The van der Waals surface area contributed by atoms with Crippen molar-refractivity contribution in [2.75, 3.05) is 0 Å². The van der Waals surface area contributed by atoms with Gasteiger partial charge in [-0.1, -0.05) is 17.7 Å². The molecule has 1 saturated carbocycles. The van der Waals surface area contributed by atoms with Crippen molar-refractivity contribution in [3.8, 4) is 0 Å². The highest BCUT2D eigenvalue weighted by atomic mass is 35.5. The molecule has 4 N–H and O–H groups in total. The first-order valence-electron chi connectivity index (χ1n) is 6.63. The topological polar surface area (TPSA) is 75.4 Å². The van der Waals surface area contributed by atoms with Gasteiger partial charge in [0.05, 0.1) is 6.10 Å². The number of aliphatic hydroxyl groups excluding tert-OH is 1. The van der Waals surface area contributed by atoms with Gasteiger partial charge < -0.3 is 16.2 Å². The zero-order valence-corrected chi connectivity index (χ0v) is 13.0. The predicted octanol–water partition coefficient (Wildman–Crippen LogP) is 2.01. The van der Waals surface area contributed by atoms with E-state index in [1.54, 1.807) is 6.07 Å². The SMILES string of the molecule is Cl.N[C@H]1CC[C@H](C(=O)NCc2c(F)cccc2Cl)C[C@@H]1O. The average molecular weight is 337 g/mol. The van der Waals surface area contributed by atoms with Crippen LogP contribution >= 0.6 is 24.0 Å². The maximum absolute atomic E-state index is 13.6. The zero-order chi connectivity index (χ0) is 14.7. The molecule has 118 valence electrons. The fraction of sp³-hybridized carbons (Fsp3) is 0.500. The highest BCUT2D eigenvalue weighted by Crippen LogP contribution is 2.24. The number of halogens is 3. The summed E-state index contributed by atoms with van der Waals surface area (Å²) >= 11 is 5.89. The molecule has 0 unspecified atom stereocenters. The van der Waals surface area contributed by atoms with Crippen LogP contribution in [0.2, 0.25) is 5.02 Å². The van der Waals surface area contributed by atoms with E-state index in [1.807, 2.05) is 0 Å². The summed E-state index contributed by atoms with van der Waals surface area (Å²) in [6.07, 6.45) is 0.934. The van der Waals surface area contributed by atoms with Crippen molar-refractivity contribution in [3.05, 3.63) is 34.6 Å². The zero-order valence-electron chi connectivity index (χ0n) is 11.4. The molecule has 1 fully saturated rings. The Labute approximate surface area is 134 Å². The van der Waals surface area contributed by atoms with E-state index in [0.29, 0.717) is 19.3 Å². The van der Waals surface area contributed by atoms with Crippen molar-refractivity contribution < 1.29 is 14.3 Å². The first-order chi connectivity index (χ1) is 9.49. The predicted molar refractivity (Wildman–Crippen MR) is 81.8 cm³/mol. The Kier molecular flexibility index (Phi) is 6.87. The van der Waals surface area contributed by atoms with E-state index >= 15 is 0 Å². The Balaban J connectivity index is 0.00000220. The molecule has 0 radical (unpaired) electrons. The number of hydrogen-bond donors (Lipinski definition) is 3. The molecule has 3 atom stereocenters. The largest absolute Gasteiger partial charge is 0.391 e. The molecule has 1 aliphatic rings. The van der Waals surface area contributed by atoms with E-state index in [0.717, 1.165) is 0 Å². The molecular weight excluding hydrogens is 318 g/mol. The van der Waals surface area contributed by atoms with E-state index in [-0.39, 0.29) is 47.4 Å². The van der Waals surface area contributed by atoms with Gasteiger partial charge >= 0.3 is 0 Å². The van der Waals surface area contributed by atoms with Gasteiger partial charge in [0.25, 0.3) is 0 Å². The Morgan fingerprint density at radius 3 is 2.81 bits per heavy atom. The van der Waals surface area contributed by atoms with E-state index in [1.165, 1.54) is 12.1 Å². The first-order valence-corrected chi connectivity index (χ1v) is 7.01. The standard InChI is InChI=1S/C14H18ClFN2O2.ClH/c15-10-2-1-3-11(16)9(10)7-18-14(20)8-4-5-12(17)13(19)6-8;/h1-3,8,12-13,19H,4-7,17H2,(H,18,20);1H/t8-,12-,13-;/m0./s1. The van der Waals surface area contributed by atoms with Crippen molar-refractivity contribution in [1.29, 1.82) is 0 Å². The molecule has 7 heteroatoms. The van der Waals surface area contributed by atoms with Gasteiger partial charge in [0.2, 0.25) is 5.91 Å². The Hall–Kier alpha value is -0.880. The molecule has 4 nitrogen and oxygen atoms in total. The fourth-order valence-electron chi connectivity index (χ4n) is 2.43. The number of amides is 1. The van der Waals surface area contributed by atoms with E-state index in [9.17, 15) is 14.3 Å². The van der Waals surface area contributed by atoms with Crippen molar-refractivity contribution >= 4 is 29.9 Å². The Morgan fingerprint density at radius 2 is 2.19 bits per heavy atom. The van der Waals surface area contributed by atoms with Gasteiger partial charge in [-0.05, 0) is 31.4 Å². The highest BCUT2D eigenvalue weighted by molar-refractivity contribution is 6.31. The summed E-state index contributed by atoms with van der Waals surface area (Å²) in [5, 5.41) is 12.6. The summed E-state index contributed by atoms with van der Waals surface area (Å²) in [5.41, 5.74) is 5.97. The van der Waals surface area contributed by atoms with E-state index in [2.05, 4.69) is 5.32 Å². The molecule has 21 heavy (non-hydrogen) atoms. The average Bonchev–Trinajstić information content (AvgIpc) is 2.41.